The van der Waals surface area contributed by atoms with Crippen molar-refractivity contribution in [1.82, 2.24) is 4.90 Å². The average Bonchev–Trinajstić information content (AvgIpc) is 2.44. The lowest BCUT2D eigenvalue weighted by Crippen LogP contribution is -2.32. The van der Waals surface area contributed by atoms with Gasteiger partial charge in [-0.15, -0.1) is 0 Å². The van der Waals surface area contributed by atoms with Crippen molar-refractivity contribution in [2.24, 2.45) is 11.7 Å². The summed E-state index contributed by atoms with van der Waals surface area (Å²) in [6, 6.07) is 5.97. The number of piperidine rings is 1. The molecule has 1 saturated heterocycles. The number of nitrogens with one attached hydrogen (secondary N) is 2. The molecule has 2 rings (SSSR count). The Kier molecular flexibility index (Phi) is 5.31. The van der Waals surface area contributed by atoms with Crippen molar-refractivity contribution >= 4 is 24.3 Å². The van der Waals surface area contributed by atoms with E-state index in [0.717, 1.165) is 35.6 Å². The summed E-state index contributed by atoms with van der Waals surface area (Å²) in [6.45, 7) is 2.40. The summed E-state index contributed by atoms with van der Waals surface area (Å²) in [6.07, 6.45) is 4.72. The summed E-state index contributed by atoms with van der Waals surface area (Å²) in [5.74, 6) is 0.860. The normalized spacial score (nSPS) is 19.8. The maximum atomic E-state index is 7.77. The third-order valence-electron chi connectivity index (χ3n) is 4.08. The minimum atomic E-state index is 0.109. The third kappa shape index (κ3) is 3.67. The average molecular weight is 292 g/mol. The van der Waals surface area contributed by atoms with Crippen LogP contribution in [0.1, 0.15) is 30.4 Å². The zero-order chi connectivity index (χ0) is 14.5. The summed E-state index contributed by atoms with van der Waals surface area (Å²) < 4.78 is 2.83. The van der Waals surface area contributed by atoms with E-state index in [4.69, 9.17) is 11.1 Å². The first kappa shape index (κ1) is 15.2. The molecule has 4 N–H and O–H groups in total. The number of amidine groups is 1. The number of thiol groups is 1. The van der Waals surface area contributed by atoms with Crippen LogP contribution in [0.5, 0.6) is 0 Å². The second-order valence-corrected chi connectivity index (χ2v) is 5.90. The number of likely N-dealkylation sites (tertiary alicyclic amines) is 1. The molecular weight excluding hydrogens is 268 g/mol. The molecule has 5 heteroatoms. The van der Waals surface area contributed by atoms with Gasteiger partial charge < -0.3 is 15.4 Å². The molecule has 0 radical (unpaired) electrons. The first-order valence-corrected chi connectivity index (χ1v) is 7.61. The molecule has 1 aromatic rings. The molecular formula is C15H24N4S. The predicted molar refractivity (Wildman–Crippen MR) is 88.6 cm³/mol. The number of anilines is 1. The van der Waals surface area contributed by atoms with E-state index in [1.165, 1.54) is 25.9 Å². The molecule has 0 unspecified atom stereocenters. The summed E-state index contributed by atoms with van der Waals surface area (Å²) >= 11 is 4.09. The number of nitrogens with zero attached hydrogens (tertiary/aromatic N) is 1. The predicted octanol–water partition coefficient (Wildman–Crippen LogP) is 2.50. The summed E-state index contributed by atoms with van der Waals surface area (Å²) in [5.41, 5.74) is 8.48. The Bertz CT molecular complexity index is 475. The lowest BCUT2D eigenvalue weighted by atomic mass is 9.90. The zero-order valence-corrected chi connectivity index (χ0v) is 12.9. The highest BCUT2D eigenvalue weighted by molar-refractivity contribution is 7.81. The van der Waals surface area contributed by atoms with Gasteiger partial charge in [0.25, 0.3) is 0 Å². The SMILES string of the molecule is CN1CCC[C@H](CCc2cccc(NS)c2C(=N)N)C1. The highest BCUT2D eigenvalue weighted by Gasteiger charge is 2.18. The maximum Gasteiger partial charge on any atom is 0.125 e. The lowest BCUT2D eigenvalue weighted by Gasteiger charge is -2.29. The van der Waals surface area contributed by atoms with Gasteiger partial charge in [0.05, 0.1) is 5.69 Å². The smallest absolute Gasteiger partial charge is 0.125 e. The van der Waals surface area contributed by atoms with Crippen molar-refractivity contribution in [2.45, 2.75) is 25.7 Å². The topological polar surface area (TPSA) is 65.1 Å². The van der Waals surface area contributed by atoms with Gasteiger partial charge in [-0.25, -0.2) is 0 Å². The Balaban J connectivity index is 2.07. The van der Waals surface area contributed by atoms with E-state index in [-0.39, 0.29) is 5.84 Å². The number of hydrogen-bond donors (Lipinski definition) is 4. The van der Waals surface area contributed by atoms with E-state index in [9.17, 15) is 0 Å². The fourth-order valence-corrected chi connectivity index (χ4v) is 3.27. The highest BCUT2D eigenvalue weighted by Crippen LogP contribution is 2.25. The third-order valence-corrected chi connectivity index (χ3v) is 4.33. The molecule has 1 fully saturated rings. The van der Waals surface area contributed by atoms with Crippen LogP contribution in [0, 0.1) is 11.3 Å². The van der Waals surface area contributed by atoms with Crippen molar-refractivity contribution < 1.29 is 0 Å². The highest BCUT2D eigenvalue weighted by atomic mass is 32.1. The molecule has 1 aliphatic heterocycles. The van der Waals surface area contributed by atoms with E-state index in [2.05, 4.69) is 35.6 Å². The van der Waals surface area contributed by atoms with Crippen LogP contribution in [0.25, 0.3) is 0 Å². The number of benzene rings is 1. The van der Waals surface area contributed by atoms with Gasteiger partial charge >= 0.3 is 0 Å². The Hall–Kier alpha value is -1.20. The van der Waals surface area contributed by atoms with Crippen LogP contribution in [-0.4, -0.2) is 30.9 Å². The van der Waals surface area contributed by atoms with E-state index in [0.29, 0.717) is 0 Å². The van der Waals surface area contributed by atoms with E-state index in [1.54, 1.807) is 0 Å². The summed E-state index contributed by atoms with van der Waals surface area (Å²) in [5, 5.41) is 7.77. The number of nitrogens with two attached hydrogens (primary N) is 1. The van der Waals surface area contributed by atoms with Crippen molar-refractivity contribution in [3.8, 4) is 0 Å². The van der Waals surface area contributed by atoms with Gasteiger partial charge in [-0.05, 0) is 56.8 Å². The number of nitrogen functional groups attached to an aromatic ring is 1. The van der Waals surface area contributed by atoms with Crippen LogP contribution in [0.3, 0.4) is 0 Å². The number of rotatable bonds is 5. The second kappa shape index (κ2) is 6.99. The van der Waals surface area contributed by atoms with Crippen LogP contribution < -0.4 is 10.5 Å². The Labute approximate surface area is 126 Å². The molecule has 20 heavy (non-hydrogen) atoms. The van der Waals surface area contributed by atoms with Gasteiger partial charge in [-0.3, -0.25) is 5.41 Å². The first-order valence-electron chi connectivity index (χ1n) is 7.16. The minimum absolute atomic E-state index is 0.109. The van der Waals surface area contributed by atoms with Crippen molar-refractivity contribution in [2.75, 3.05) is 24.9 Å². The van der Waals surface area contributed by atoms with Gasteiger partial charge in [0.15, 0.2) is 0 Å². The molecule has 1 aliphatic rings. The van der Waals surface area contributed by atoms with Crippen LogP contribution in [-0.2, 0) is 6.42 Å². The maximum absolute atomic E-state index is 7.77. The van der Waals surface area contributed by atoms with Crippen molar-refractivity contribution in [1.29, 1.82) is 5.41 Å². The standard InChI is InChI=1S/C15H24N4S/c1-19-9-3-4-11(10-19)7-8-12-5-2-6-13(18-20)14(12)15(16)17/h2,5-6,11,18,20H,3-4,7-10H2,1H3,(H3,16,17)/t11-/m1/s1. The molecule has 1 aromatic carbocycles. The van der Waals surface area contributed by atoms with Gasteiger partial charge in [0, 0.05) is 12.1 Å². The number of aryl methyl sites for hydroxylation is 1. The summed E-state index contributed by atoms with van der Waals surface area (Å²) in [7, 11) is 2.19. The Morgan fingerprint density at radius 3 is 3.00 bits per heavy atom. The van der Waals surface area contributed by atoms with Gasteiger partial charge in [-0.2, -0.15) is 0 Å². The van der Waals surface area contributed by atoms with Gasteiger partial charge in [0.1, 0.15) is 5.84 Å². The quantitative estimate of drug-likeness (QED) is 0.383. The van der Waals surface area contributed by atoms with Gasteiger partial charge in [0.2, 0.25) is 0 Å². The molecule has 0 aromatic heterocycles. The van der Waals surface area contributed by atoms with E-state index >= 15 is 0 Å². The molecule has 0 saturated carbocycles. The first-order chi connectivity index (χ1) is 9.61. The molecule has 1 atom stereocenters. The van der Waals surface area contributed by atoms with Crippen molar-refractivity contribution in [3.63, 3.8) is 0 Å². The lowest BCUT2D eigenvalue weighted by molar-refractivity contribution is 0.202. The fraction of sp³-hybridized carbons (Fsp3) is 0.533. The van der Waals surface area contributed by atoms with Crippen molar-refractivity contribution in [3.05, 3.63) is 29.3 Å². The van der Waals surface area contributed by atoms with Gasteiger partial charge in [-0.1, -0.05) is 24.9 Å². The molecule has 0 amide bonds. The molecule has 0 aliphatic carbocycles. The van der Waals surface area contributed by atoms with E-state index in [1.807, 2.05) is 12.1 Å². The molecule has 0 bridgehead atoms. The monoisotopic (exact) mass is 292 g/mol. The van der Waals surface area contributed by atoms with Crippen LogP contribution in [0.2, 0.25) is 0 Å². The van der Waals surface area contributed by atoms with Crippen LogP contribution >= 0.6 is 12.8 Å². The van der Waals surface area contributed by atoms with E-state index < -0.39 is 0 Å². The molecule has 4 nitrogen and oxygen atoms in total. The number of hydrogen-bond acceptors (Lipinski definition) is 4. The minimum Gasteiger partial charge on any atom is -0.384 e. The fourth-order valence-electron chi connectivity index (χ4n) is 3.09. The Morgan fingerprint density at radius 2 is 2.35 bits per heavy atom. The second-order valence-electron chi connectivity index (χ2n) is 5.67. The molecule has 1 heterocycles. The Morgan fingerprint density at radius 1 is 1.55 bits per heavy atom. The van der Waals surface area contributed by atoms with Crippen LogP contribution in [0.4, 0.5) is 5.69 Å². The van der Waals surface area contributed by atoms with Crippen LogP contribution in [0.15, 0.2) is 18.2 Å². The molecule has 0 spiro atoms. The zero-order valence-electron chi connectivity index (χ0n) is 12.0. The molecule has 110 valence electrons. The summed E-state index contributed by atoms with van der Waals surface area (Å²) in [4.78, 5) is 2.41. The largest absolute Gasteiger partial charge is 0.384 e.